The van der Waals surface area contributed by atoms with Gasteiger partial charge < -0.3 is 29.0 Å². The maximum absolute atomic E-state index is 12.1. The Kier molecular flexibility index (Phi) is 10.3. The molecule has 1 saturated heterocycles. The molecule has 2 rings (SSSR count). The maximum atomic E-state index is 12.1. The van der Waals surface area contributed by atoms with Crippen LogP contribution >= 0.6 is 0 Å². The average molecular weight is 486 g/mol. The lowest BCUT2D eigenvalue weighted by Gasteiger charge is -2.47. The minimum absolute atomic E-state index is 0.150. The zero-order valence-corrected chi connectivity index (χ0v) is 21.2. The van der Waals surface area contributed by atoms with E-state index in [0.717, 1.165) is 19.3 Å². The first kappa shape index (κ1) is 28.0. The Labute approximate surface area is 201 Å². The Balaban J connectivity index is 2.43. The van der Waals surface area contributed by atoms with Crippen molar-refractivity contribution in [2.45, 2.75) is 104 Å². The third-order valence-corrected chi connectivity index (χ3v) is 6.34. The van der Waals surface area contributed by atoms with Crippen LogP contribution in [0.1, 0.15) is 67.7 Å². The van der Waals surface area contributed by atoms with Gasteiger partial charge in [-0.1, -0.05) is 27.2 Å². The van der Waals surface area contributed by atoms with E-state index in [-0.39, 0.29) is 18.6 Å². The van der Waals surface area contributed by atoms with Gasteiger partial charge in [-0.05, 0) is 30.6 Å². The molecule has 0 radical (unpaired) electrons. The fourth-order valence-electron chi connectivity index (χ4n) is 4.85. The summed E-state index contributed by atoms with van der Waals surface area (Å²) in [5.41, 5.74) is 0. The van der Waals surface area contributed by atoms with Crippen molar-refractivity contribution >= 4 is 23.8 Å². The molecule has 2 aliphatic rings. The number of nitrogens with one attached hydrogen (secondary N) is 1. The summed E-state index contributed by atoms with van der Waals surface area (Å²) in [6, 6.07) is -0.940. The number of amides is 1. The number of rotatable bonds is 8. The van der Waals surface area contributed by atoms with Gasteiger partial charge in [0.15, 0.2) is 18.5 Å². The van der Waals surface area contributed by atoms with Crippen molar-refractivity contribution in [2.24, 2.45) is 17.8 Å². The molecule has 8 atom stereocenters. The van der Waals surface area contributed by atoms with Gasteiger partial charge in [0.25, 0.3) is 0 Å². The van der Waals surface area contributed by atoms with Gasteiger partial charge in [-0.25, -0.2) is 0 Å². The molecule has 1 saturated carbocycles. The zero-order valence-electron chi connectivity index (χ0n) is 21.2. The Morgan fingerprint density at radius 3 is 2.09 bits per heavy atom. The lowest BCUT2D eigenvalue weighted by Crippen LogP contribution is -2.67. The lowest BCUT2D eigenvalue weighted by atomic mass is 9.75. The summed E-state index contributed by atoms with van der Waals surface area (Å²) < 4.78 is 28.8. The van der Waals surface area contributed by atoms with E-state index in [1.807, 2.05) is 0 Å². The first-order valence-corrected chi connectivity index (χ1v) is 11.9. The lowest BCUT2D eigenvalue weighted by molar-refractivity contribution is -0.295. The number of esters is 3. The van der Waals surface area contributed by atoms with Crippen LogP contribution in [-0.2, 0) is 42.9 Å². The third kappa shape index (κ3) is 7.94. The molecule has 194 valence electrons. The summed E-state index contributed by atoms with van der Waals surface area (Å²) in [5.74, 6) is -1.10. The van der Waals surface area contributed by atoms with Crippen LogP contribution in [-0.4, -0.2) is 67.2 Å². The van der Waals surface area contributed by atoms with Gasteiger partial charge in [0.2, 0.25) is 5.91 Å². The molecule has 0 bridgehead atoms. The Morgan fingerprint density at radius 2 is 1.56 bits per heavy atom. The highest BCUT2D eigenvalue weighted by atomic mass is 16.7. The highest BCUT2D eigenvalue weighted by Gasteiger charge is 2.52. The van der Waals surface area contributed by atoms with E-state index in [1.54, 1.807) is 0 Å². The second kappa shape index (κ2) is 12.5. The summed E-state index contributed by atoms with van der Waals surface area (Å²) >= 11 is 0. The molecule has 1 N–H and O–H groups in total. The fourth-order valence-corrected chi connectivity index (χ4v) is 4.85. The van der Waals surface area contributed by atoms with Gasteiger partial charge >= 0.3 is 17.9 Å². The van der Waals surface area contributed by atoms with Crippen LogP contribution in [0.15, 0.2) is 0 Å². The second-order valence-corrected chi connectivity index (χ2v) is 9.72. The molecule has 34 heavy (non-hydrogen) atoms. The molecule has 0 aromatic carbocycles. The number of ether oxygens (including phenoxy) is 5. The molecule has 10 nitrogen and oxygen atoms in total. The molecule has 1 amide bonds. The van der Waals surface area contributed by atoms with Crippen LogP contribution in [0.3, 0.4) is 0 Å². The van der Waals surface area contributed by atoms with Crippen molar-refractivity contribution in [1.82, 2.24) is 5.32 Å². The second-order valence-electron chi connectivity index (χ2n) is 9.72. The van der Waals surface area contributed by atoms with Crippen molar-refractivity contribution in [2.75, 3.05) is 6.61 Å². The van der Waals surface area contributed by atoms with E-state index in [4.69, 9.17) is 23.7 Å². The van der Waals surface area contributed by atoms with Gasteiger partial charge in [-0.2, -0.15) is 0 Å². The summed E-state index contributed by atoms with van der Waals surface area (Å²) in [5, 5.41) is 2.76. The Hall–Kier alpha value is -2.20. The topological polar surface area (TPSA) is 126 Å². The molecule has 1 aliphatic heterocycles. The quantitative estimate of drug-likeness (QED) is 0.406. The van der Waals surface area contributed by atoms with E-state index >= 15 is 0 Å². The first-order valence-electron chi connectivity index (χ1n) is 11.9. The van der Waals surface area contributed by atoms with Crippen LogP contribution < -0.4 is 5.32 Å². The fraction of sp³-hybridized carbons (Fsp3) is 0.833. The average Bonchev–Trinajstić information content (AvgIpc) is 2.69. The van der Waals surface area contributed by atoms with Gasteiger partial charge in [0.1, 0.15) is 18.8 Å². The summed E-state index contributed by atoms with van der Waals surface area (Å²) in [7, 11) is 0. The van der Waals surface area contributed by atoms with Gasteiger partial charge in [0, 0.05) is 27.7 Å². The van der Waals surface area contributed by atoms with Crippen LogP contribution in [0.5, 0.6) is 0 Å². The summed E-state index contributed by atoms with van der Waals surface area (Å²) in [6.07, 6.45) is -1.45. The number of hydrogen-bond donors (Lipinski definition) is 1. The molecule has 1 heterocycles. The van der Waals surface area contributed by atoms with E-state index in [2.05, 4.69) is 26.1 Å². The standard InChI is InChI=1S/C24H39NO9/c1-12(2)18-9-8-13(3)10-19(18)33-24-21(25-14(4)26)23(32-17(7)29)22(31-16(6)28)20(34-24)11-30-15(5)27/h12-13,18-24H,8-11H2,1-7H3,(H,25,26)/t13-,18-,19-,20-,21+,22+,23+,24-/m1/s1. The van der Waals surface area contributed by atoms with E-state index in [9.17, 15) is 19.2 Å². The Bertz CT molecular complexity index is 740. The van der Waals surface area contributed by atoms with Crippen molar-refractivity contribution < 1.29 is 42.9 Å². The predicted octanol–water partition coefficient (Wildman–Crippen LogP) is 2.12. The van der Waals surface area contributed by atoms with Crippen molar-refractivity contribution in [3.63, 3.8) is 0 Å². The SMILES string of the molecule is CC(=O)N[C@@H]1[C@H](O[C@@H]2C[C@H](C)CC[C@@H]2C(C)C)O[C@H](COC(C)=O)[C@H](OC(C)=O)[C@H]1OC(C)=O. The summed E-state index contributed by atoms with van der Waals surface area (Å²) in [4.78, 5) is 47.4. The van der Waals surface area contributed by atoms with Crippen molar-refractivity contribution in [3.8, 4) is 0 Å². The number of hydrogen-bond acceptors (Lipinski definition) is 9. The molecule has 0 unspecified atom stereocenters. The van der Waals surface area contributed by atoms with E-state index < -0.39 is 54.5 Å². The smallest absolute Gasteiger partial charge is 0.303 e. The number of carbonyl (C=O) groups is 4. The van der Waals surface area contributed by atoms with E-state index in [0.29, 0.717) is 11.8 Å². The predicted molar refractivity (Wildman–Crippen MR) is 120 cm³/mol. The molecular formula is C24H39NO9. The minimum atomic E-state index is -1.12. The highest BCUT2D eigenvalue weighted by molar-refractivity contribution is 5.73. The molecule has 2 fully saturated rings. The largest absolute Gasteiger partial charge is 0.463 e. The maximum Gasteiger partial charge on any atom is 0.303 e. The van der Waals surface area contributed by atoms with Gasteiger partial charge in [-0.3, -0.25) is 19.2 Å². The Morgan fingerprint density at radius 1 is 0.941 bits per heavy atom. The van der Waals surface area contributed by atoms with Crippen LogP contribution in [0, 0.1) is 17.8 Å². The summed E-state index contributed by atoms with van der Waals surface area (Å²) in [6.45, 7) is 11.2. The third-order valence-electron chi connectivity index (χ3n) is 6.34. The zero-order chi connectivity index (χ0) is 25.6. The van der Waals surface area contributed by atoms with Gasteiger partial charge in [0.05, 0.1) is 6.10 Å². The van der Waals surface area contributed by atoms with Crippen LogP contribution in [0.2, 0.25) is 0 Å². The molecule has 10 heteroatoms. The number of carbonyl (C=O) groups excluding carboxylic acids is 4. The highest BCUT2D eigenvalue weighted by Crippen LogP contribution is 2.38. The first-order chi connectivity index (χ1) is 15.9. The molecule has 0 aromatic rings. The minimum Gasteiger partial charge on any atom is -0.463 e. The van der Waals surface area contributed by atoms with Crippen molar-refractivity contribution in [3.05, 3.63) is 0 Å². The molecular weight excluding hydrogens is 446 g/mol. The molecule has 0 spiro atoms. The molecule has 1 aliphatic carbocycles. The van der Waals surface area contributed by atoms with E-state index in [1.165, 1.54) is 27.7 Å². The normalized spacial score (nSPS) is 33.6. The molecule has 0 aromatic heterocycles. The van der Waals surface area contributed by atoms with Crippen molar-refractivity contribution in [1.29, 1.82) is 0 Å². The van der Waals surface area contributed by atoms with Gasteiger partial charge in [-0.15, -0.1) is 0 Å². The van der Waals surface area contributed by atoms with Crippen LogP contribution in [0.25, 0.3) is 0 Å². The monoisotopic (exact) mass is 485 g/mol. The van der Waals surface area contributed by atoms with Crippen LogP contribution in [0.4, 0.5) is 0 Å².